The Morgan fingerprint density at radius 3 is 2.24 bits per heavy atom. The number of aromatic carboxylic acids is 1. The Balaban J connectivity index is 1.58. The molecule has 1 heterocycles. The number of aryl methyl sites for hydroxylation is 2. The van der Waals surface area contributed by atoms with Crippen molar-refractivity contribution in [3.8, 4) is 0 Å². The number of para-hydroxylation sites is 1. The summed E-state index contributed by atoms with van der Waals surface area (Å²) < 4.78 is 0. The maximum Gasteiger partial charge on any atom is 0.337 e. The van der Waals surface area contributed by atoms with E-state index in [-0.39, 0.29) is 17.4 Å². The lowest BCUT2D eigenvalue weighted by atomic mass is 10.1. The first-order valence-electron chi connectivity index (χ1n) is 11.8. The number of nitrogens with one attached hydrogen (secondary N) is 2. The van der Waals surface area contributed by atoms with E-state index in [0.29, 0.717) is 44.8 Å². The molecule has 1 aliphatic rings. The summed E-state index contributed by atoms with van der Waals surface area (Å²) in [6.07, 6.45) is 2.03. The second kappa shape index (κ2) is 11.7. The molecule has 0 atom stereocenters. The summed E-state index contributed by atoms with van der Waals surface area (Å²) in [5.74, 6) is -1.29. The minimum absolute atomic E-state index is 0.0396. The van der Waals surface area contributed by atoms with Crippen LogP contribution in [-0.2, 0) is 9.59 Å². The lowest BCUT2D eigenvalue weighted by Crippen LogP contribution is -2.48. The molecule has 1 aliphatic heterocycles. The van der Waals surface area contributed by atoms with Crippen molar-refractivity contribution < 1.29 is 19.5 Å². The molecule has 8 nitrogen and oxygen atoms in total. The topological polar surface area (TPSA) is 102 Å². The monoisotopic (exact) mass is 466 g/mol. The second-order valence-electron chi connectivity index (χ2n) is 8.76. The Bertz CT molecular complexity index is 1020. The van der Waals surface area contributed by atoms with Crippen LogP contribution in [-0.4, -0.2) is 60.5 Å². The van der Waals surface area contributed by atoms with Crippen molar-refractivity contribution in [2.45, 2.75) is 40.0 Å². The van der Waals surface area contributed by atoms with Gasteiger partial charge in [0, 0.05) is 44.0 Å². The molecule has 182 valence electrons. The lowest BCUT2D eigenvalue weighted by Gasteiger charge is -2.36. The highest BCUT2D eigenvalue weighted by atomic mass is 16.4. The number of rotatable bonds is 9. The fourth-order valence-corrected chi connectivity index (χ4v) is 4.12. The van der Waals surface area contributed by atoms with Crippen LogP contribution in [0.15, 0.2) is 36.4 Å². The zero-order chi connectivity index (χ0) is 24.7. The van der Waals surface area contributed by atoms with Gasteiger partial charge in [0.2, 0.25) is 11.8 Å². The molecule has 0 aliphatic carbocycles. The van der Waals surface area contributed by atoms with Gasteiger partial charge >= 0.3 is 5.97 Å². The van der Waals surface area contributed by atoms with E-state index in [1.54, 1.807) is 12.1 Å². The number of unbranched alkanes of at least 4 members (excludes halogenated alkanes) is 1. The molecule has 3 rings (SSSR count). The number of benzene rings is 2. The van der Waals surface area contributed by atoms with Crippen LogP contribution in [0, 0.1) is 13.8 Å². The van der Waals surface area contributed by atoms with Gasteiger partial charge in [-0.05, 0) is 49.6 Å². The number of anilines is 3. The van der Waals surface area contributed by atoms with Crippen molar-refractivity contribution >= 4 is 34.8 Å². The predicted octanol–water partition coefficient (Wildman–Crippen LogP) is 3.89. The second-order valence-corrected chi connectivity index (χ2v) is 8.76. The van der Waals surface area contributed by atoms with E-state index in [1.807, 2.05) is 45.0 Å². The molecule has 0 saturated carbocycles. The summed E-state index contributed by atoms with van der Waals surface area (Å²) in [6.45, 7) is 9.02. The molecule has 0 aromatic heterocycles. The van der Waals surface area contributed by atoms with Gasteiger partial charge in [-0.3, -0.25) is 14.5 Å². The van der Waals surface area contributed by atoms with Crippen molar-refractivity contribution in [1.82, 2.24) is 4.90 Å². The lowest BCUT2D eigenvalue weighted by molar-refractivity contribution is -0.117. The fraction of sp³-hybridized carbons (Fsp3) is 0.423. The number of piperazine rings is 1. The highest BCUT2D eigenvalue weighted by molar-refractivity contribution is 6.01. The Morgan fingerprint density at radius 2 is 1.62 bits per heavy atom. The van der Waals surface area contributed by atoms with E-state index in [1.165, 1.54) is 0 Å². The molecule has 3 N–H and O–H groups in total. The van der Waals surface area contributed by atoms with Gasteiger partial charge in [-0.2, -0.15) is 0 Å². The minimum atomic E-state index is -1.07. The Hall–Kier alpha value is -3.39. The molecule has 0 unspecified atom stereocenters. The fourth-order valence-electron chi connectivity index (χ4n) is 4.12. The van der Waals surface area contributed by atoms with Crippen molar-refractivity contribution in [3.05, 3.63) is 53.1 Å². The van der Waals surface area contributed by atoms with Gasteiger partial charge in [-0.25, -0.2) is 4.79 Å². The summed E-state index contributed by atoms with van der Waals surface area (Å²) in [5.41, 5.74) is 4.14. The third kappa shape index (κ3) is 6.57. The molecule has 8 heteroatoms. The highest BCUT2D eigenvalue weighted by Crippen LogP contribution is 2.25. The molecule has 34 heavy (non-hydrogen) atoms. The average molecular weight is 467 g/mol. The zero-order valence-corrected chi connectivity index (χ0v) is 20.2. The van der Waals surface area contributed by atoms with Crippen molar-refractivity contribution in [1.29, 1.82) is 0 Å². The van der Waals surface area contributed by atoms with Gasteiger partial charge in [0.1, 0.15) is 0 Å². The molecule has 1 fully saturated rings. The smallest absolute Gasteiger partial charge is 0.337 e. The predicted molar refractivity (Wildman–Crippen MR) is 135 cm³/mol. The number of hydrogen-bond acceptors (Lipinski definition) is 5. The van der Waals surface area contributed by atoms with Gasteiger partial charge in [0.05, 0.1) is 17.8 Å². The van der Waals surface area contributed by atoms with E-state index in [4.69, 9.17) is 0 Å². The van der Waals surface area contributed by atoms with Gasteiger partial charge in [0.25, 0.3) is 0 Å². The first-order valence-corrected chi connectivity index (χ1v) is 11.8. The maximum atomic E-state index is 12.6. The molecule has 2 amide bonds. The van der Waals surface area contributed by atoms with Crippen LogP contribution in [0.25, 0.3) is 0 Å². The normalized spacial score (nSPS) is 14.0. The molecular weight excluding hydrogens is 432 g/mol. The third-order valence-corrected chi connectivity index (χ3v) is 6.12. The van der Waals surface area contributed by atoms with Crippen LogP contribution in [0.4, 0.5) is 17.1 Å². The minimum Gasteiger partial charge on any atom is -0.478 e. The van der Waals surface area contributed by atoms with Crippen LogP contribution in [0.3, 0.4) is 0 Å². The highest BCUT2D eigenvalue weighted by Gasteiger charge is 2.22. The Labute approximate surface area is 200 Å². The van der Waals surface area contributed by atoms with Gasteiger partial charge < -0.3 is 20.6 Å². The molecule has 2 aromatic carbocycles. The number of carboxylic acid groups (broad SMARTS) is 1. The number of carbonyl (C=O) groups excluding carboxylic acids is 2. The zero-order valence-electron chi connectivity index (χ0n) is 20.2. The molecular formula is C26H34N4O4. The van der Waals surface area contributed by atoms with Crippen LogP contribution in [0.1, 0.15) is 47.7 Å². The molecule has 0 spiro atoms. The van der Waals surface area contributed by atoms with Crippen LogP contribution < -0.4 is 15.5 Å². The van der Waals surface area contributed by atoms with E-state index < -0.39 is 5.97 Å². The van der Waals surface area contributed by atoms with Gasteiger partial charge in [0.15, 0.2) is 0 Å². The number of carbonyl (C=O) groups is 3. The van der Waals surface area contributed by atoms with Crippen molar-refractivity contribution in [2.75, 3.05) is 48.3 Å². The largest absolute Gasteiger partial charge is 0.478 e. The number of carboxylic acids is 1. The van der Waals surface area contributed by atoms with E-state index >= 15 is 0 Å². The van der Waals surface area contributed by atoms with Crippen LogP contribution >= 0.6 is 0 Å². The molecule has 2 aromatic rings. The van der Waals surface area contributed by atoms with E-state index in [2.05, 4.69) is 20.4 Å². The van der Waals surface area contributed by atoms with Gasteiger partial charge in [-0.15, -0.1) is 0 Å². The first-order chi connectivity index (χ1) is 16.3. The Morgan fingerprint density at radius 1 is 0.941 bits per heavy atom. The summed E-state index contributed by atoms with van der Waals surface area (Å²) in [7, 11) is 0. The number of amides is 2. The van der Waals surface area contributed by atoms with Crippen LogP contribution in [0.2, 0.25) is 0 Å². The van der Waals surface area contributed by atoms with Crippen LogP contribution in [0.5, 0.6) is 0 Å². The standard InChI is InChI=1S/C26H34N4O4/c1-4-5-9-23(31)27-22-11-10-20(16-21(22)26(33)34)30-14-12-29(13-15-30)17-24(32)28-25-18(2)7-6-8-19(25)3/h6-8,10-11,16H,4-5,9,12-15,17H2,1-3H3,(H,27,31)(H,28,32)(H,33,34). The van der Waals surface area contributed by atoms with Gasteiger partial charge in [-0.1, -0.05) is 31.5 Å². The van der Waals surface area contributed by atoms with E-state index in [0.717, 1.165) is 35.3 Å². The maximum absolute atomic E-state index is 12.6. The van der Waals surface area contributed by atoms with Crippen molar-refractivity contribution in [2.24, 2.45) is 0 Å². The summed E-state index contributed by atoms with van der Waals surface area (Å²) >= 11 is 0. The summed E-state index contributed by atoms with van der Waals surface area (Å²) in [5, 5.41) is 15.4. The first kappa shape index (κ1) is 25.2. The SMILES string of the molecule is CCCCC(=O)Nc1ccc(N2CCN(CC(=O)Nc3c(C)cccc3C)CC2)cc1C(=O)O. The number of nitrogens with zero attached hydrogens (tertiary/aromatic N) is 2. The Kier molecular flexibility index (Phi) is 8.65. The average Bonchev–Trinajstić information content (AvgIpc) is 2.81. The number of hydrogen-bond donors (Lipinski definition) is 3. The van der Waals surface area contributed by atoms with E-state index in [9.17, 15) is 19.5 Å². The molecule has 0 radical (unpaired) electrons. The molecule has 0 bridgehead atoms. The van der Waals surface area contributed by atoms with Crippen molar-refractivity contribution in [3.63, 3.8) is 0 Å². The quantitative estimate of drug-likeness (QED) is 0.518. The summed E-state index contributed by atoms with van der Waals surface area (Å²) in [4.78, 5) is 40.6. The molecule has 1 saturated heterocycles. The summed E-state index contributed by atoms with van der Waals surface area (Å²) in [6, 6.07) is 11.0. The third-order valence-electron chi connectivity index (χ3n) is 6.12.